The molecule has 0 spiro atoms. The summed E-state index contributed by atoms with van der Waals surface area (Å²) in [6.07, 6.45) is 5.02. The highest BCUT2D eigenvalue weighted by Crippen LogP contribution is 2.23. The van der Waals surface area contributed by atoms with Crippen molar-refractivity contribution in [1.29, 1.82) is 5.26 Å². The zero-order valence-corrected chi connectivity index (χ0v) is 20.8. The first-order chi connectivity index (χ1) is 17.4. The summed E-state index contributed by atoms with van der Waals surface area (Å²) in [5.74, 6) is 1.65. The number of hydrogen-bond donors (Lipinski definition) is 0. The van der Waals surface area contributed by atoms with Gasteiger partial charge in [-0.05, 0) is 31.5 Å². The van der Waals surface area contributed by atoms with Crippen molar-refractivity contribution in [2.45, 2.75) is 46.1 Å². The molecule has 3 heterocycles. The maximum Gasteiger partial charge on any atom is 0.254 e. The van der Waals surface area contributed by atoms with Gasteiger partial charge in [0.1, 0.15) is 11.6 Å². The molecular weight excluding hydrogens is 452 g/mol. The first kappa shape index (κ1) is 24.7. The Balaban J connectivity index is 1.62. The average molecular weight is 481 g/mol. The Hall–Kier alpha value is -4.38. The lowest BCUT2D eigenvalue weighted by atomic mass is 10.0. The van der Waals surface area contributed by atoms with E-state index in [0.717, 1.165) is 11.1 Å². The normalized spacial score (nSPS) is 11.8. The fourth-order valence-corrected chi connectivity index (χ4v) is 3.95. The van der Waals surface area contributed by atoms with Crippen LogP contribution >= 0.6 is 0 Å². The van der Waals surface area contributed by atoms with Gasteiger partial charge >= 0.3 is 0 Å². The van der Waals surface area contributed by atoms with Crippen LogP contribution in [-0.4, -0.2) is 31.1 Å². The minimum absolute atomic E-state index is 0.0286. The molecule has 0 aliphatic heterocycles. The molecule has 0 aliphatic carbocycles. The van der Waals surface area contributed by atoms with Crippen molar-refractivity contribution in [2.24, 2.45) is 0 Å². The van der Waals surface area contributed by atoms with Gasteiger partial charge in [-0.15, -0.1) is 0 Å². The van der Waals surface area contributed by atoms with Gasteiger partial charge in [-0.1, -0.05) is 38.1 Å². The summed E-state index contributed by atoms with van der Waals surface area (Å²) < 4.78 is 7.10. The summed E-state index contributed by atoms with van der Waals surface area (Å²) in [7, 11) is 0. The molecule has 36 heavy (non-hydrogen) atoms. The van der Waals surface area contributed by atoms with Crippen LogP contribution in [0.2, 0.25) is 0 Å². The maximum absolute atomic E-state index is 13.2. The second-order valence-electron chi connectivity index (χ2n) is 8.76. The number of nitrogens with zero attached hydrogens (tertiary/aromatic N) is 6. The molecule has 0 aliphatic rings. The van der Waals surface area contributed by atoms with Crippen LogP contribution in [-0.2, 0) is 6.54 Å². The molecule has 1 aromatic carbocycles. The predicted octanol–water partition coefficient (Wildman–Crippen LogP) is 4.69. The van der Waals surface area contributed by atoms with Crippen LogP contribution in [0.25, 0.3) is 11.3 Å². The monoisotopic (exact) mass is 480 g/mol. The van der Waals surface area contributed by atoms with E-state index >= 15 is 0 Å². The van der Waals surface area contributed by atoms with E-state index in [1.165, 1.54) is 0 Å². The number of rotatable bonds is 8. The van der Waals surface area contributed by atoms with Crippen LogP contribution < -0.4 is 10.3 Å². The average Bonchev–Trinajstić information content (AvgIpc) is 2.90. The first-order valence-corrected chi connectivity index (χ1v) is 11.9. The van der Waals surface area contributed by atoms with E-state index in [4.69, 9.17) is 9.72 Å². The zero-order valence-electron chi connectivity index (χ0n) is 20.8. The van der Waals surface area contributed by atoms with Crippen LogP contribution in [0, 0.1) is 11.3 Å². The Bertz CT molecular complexity index is 1440. The molecule has 4 rings (SSSR count). The van der Waals surface area contributed by atoms with E-state index in [2.05, 4.69) is 21.0 Å². The van der Waals surface area contributed by atoms with Gasteiger partial charge in [-0.2, -0.15) is 5.26 Å². The smallest absolute Gasteiger partial charge is 0.254 e. The third-order valence-electron chi connectivity index (χ3n) is 5.85. The van der Waals surface area contributed by atoms with Crippen LogP contribution in [0.1, 0.15) is 68.0 Å². The molecule has 1 unspecified atom stereocenters. The Morgan fingerprint density at radius 3 is 2.42 bits per heavy atom. The van der Waals surface area contributed by atoms with Gasteiger partial charge in [0.05, 0.1) is 54.5 Å². The minimum atomic E-state index is -0.248. The summed E-state index contributed by atoms with van der Waals surface area (Å²) in [5.41, 5.74) is 3.43. The van der Waals surface area contributed by atoms with E-state index < -0.39 is 0 Å². The Kier molecular flexibility index (Phi) is 7.50. The van der Waals surface area contributed by atoms with Crippen LogP contribution in [0.3, 0.4) is 0 Å². The summed E-state index contributed by atoms with van der Waals surface area (Å²) in [6, 6.07) is 14.9. The molecule has 182 valence electrons. The Labute approximate surface area is 210 Å². The molecule has 0 bridgehead atoms. The molecule has 8 heteroatoms. The van der Waals surface area contributed by atoms with Crippen molar-refractivity contribution in [3.8, 4) is 23.1 Å². The number of benzene rings is 1. The minimum Gasteiger partial charge on any atom is -0.491 e. The molecule has 0 radical (unpaired) electrons. The largest absolute Gasteiger partial charge is 0.491 e. The van der Waals surface area contributed by atoms with Crippen LogP contribution in [0.4, 0.5) is 0 Å². The van der Waals surface area contributed by atoms with E-state index in [1.807, 2.05) is 58.0 Å². The number of hydrogen-bond acceptors (Lipinski definition) is 7. The first-order valence-electron chi connectivity index (χ1n) is 11.9. The van der Waals surface area contributed by atoms with Gasteiger partial charge in [0.2, 0.25) is 0 Å². The second-order valence-corrected chi connectivity index (χ2v) is 8.76. The molecule has 1 atom stereocenters. The van der Waals surface area contributed by atoms with Gasteiger partial charge in [0, 0.05) is 23.7 Å². The number of nitriles is 1. The fourth-order valence-electron chi connectivity index (χ4n) is 3.95. The van der Waals surface area contributed by atoms with Crippen molar-refractivity contribution in [3.05, 3.63) is 99.9 Å². The van der Waals surface area contributed by atoms with Crippen molar-refractivity contribution in [2.75, 3.05) is 6.61 Å². The fraction of sp³-hybridized carbons (Fsp3) is 0.286. The van der Waals surface area contributed by atoms with E-state index in [9.17, 15) is 10.1 Å². The third-order valence-corrected chi connectivity index (χ3v) is 5.85. The van der Waals surface area contributed by atoms with E-state index in [-0.39, 0.29) is 17.4 Å². The highest BCUT2D eigenvalue weighted by Gasteiger charge is 2.19. The van der Waals surface area contributed by atoms with Crippen molar-refractivity contribution >= 4 is 0 Å². The Morgan fingerprint density at radius 2 is 1.78 bits per heavy atom. The van der Waals surface area contributed by atoms with Gasteiger partial charge in [-0.3, -0.25) is 14.3 Å². The molecule has 0 saturated carbocycles. The molecule has 0 amide bonds. The van der Waals surface area contributed by atoms with Gasteiger partial charge in [0.15, 0.2) is 5.75 Å². The predicted molar refractivity (Wildman–Crippen MR) is 137 cm³/mol. The molecule has 0 N–H and O–H groups in total. The van der Waals surface area contributed by atoms with Gasteiger partial charge in [-0.25, -0.2) is 15.0 Å². The molecular formula is C28H28N6O2. The lowest BCUT2D eigenvalue weighted by Crippen LogP contribution is -2.27. The highest BCUT2D eigenvalue weighted by atomic mass is 16.5. The summed E-state index contributed by atoms with van der Waals surface area (Å²) >= 11 is 0. The summed E-state index contributed by atoms with van der Waals surface area (Å²) in [5, 5.41) is 9.37. The summed E-state index contributed by atoms with van der Waals surface area (Å²) in [4.78, 5) is 31.4. The number of pyridine rings is 1. The van der Waals surface area contributed by atoms with Crippen LogP contribution in [0.15, 0.2) is 65.8 Å². The second kappa shape index (κ2) is 10.9. The highest BCUT2D eigenvalue weighted by molar-refractivity contribution is 5.67. The zero-order chi connectivity index (χ0) is 25.7. The number of ether oxygens (including phenoxy) is 1. The lowest BCUT2D eigenvalue weighted by Gasteiger charge is -2.18. The maximum atomic E-state index is 13.2. The summed E-state index contributed by atoms with van der Waals surface area (Å²) in [6.45, 7) is 8.76. The standard InChI is InChI=1S/C28H28N6O2/c1-5-36-22-15-31-27(32-16-22)19(4)25-12-26(35)34(28(33-25)18(2)3)17-20-10-11-24(30-14-20)23-9-7-6-8-21(23)13-29/h6-12,14-16,18-19H,5,17H2,1-4H3. The molecule has 3 aromatic heterocycles. The topological polar surface area (TPSA) is 107 Å². The van der Waals surface area contributed by atoms with Crippen molar-refractivity contribution in [1.82, 2.24) is 24.5 Å². The number of aromatic nitrogens is 5. The molecule has 8 nitrogen and oxygen atoms in total. The quantitative estimate of drug-likeness (QED) is 0.360. The van der Waals surface area contributed by atoms with Crippen molar-refractivity contribution < 1.29 is 4.74 Å². The van der Waals surface area contributed by atoms with Crippen LogP contribution in [0.5, 0.6) is 5.75 Å². The lowest BCUT2D eigenvalue weighted by molar-refractivity contribution is 0.336. The van der Waals surface area contributed by atoms with E-state index in [0.29, 0.717) is 47.5 Å². The third kappa shape index (κ3) is 5.31. The SMILES string of the molecule is CCOc1cnc(C(C)c2cc(=O)n(Cc3ccc(-c4ccccc4C#N)nc3)c(C(C)C)n2)nc1. The van der Waals surface area contributed by atoms with Gasteiger partial charge in [0.25, 0.3) is 5.56 Å². The molecule has 0 fully saturated rings. The molecule has 4 aromatic rings. The van der Waals surface area contributed by atoms with Crippen molar-refractivity contribution in [3.63, 3.8) is 0 Å². The molecule has 0 saturated heterocycles. The van der Waals surface area contributed by atoms with E-state index in [1.54, 1.807) is 35.3 Å². The van der Waals surface area contributed by atoms with Gasteiger partial charge < -0.3 is 4.74 Å². The Morgan fingerprint density at radius 1 is 1.03 bits per heavy atom.